The zero-order valence-electron chi connectivity index (χ0n) is 11.7. The first kappa shape index (κ1) is 14.1. The van der Waals surface area contributed by atoms with Crippen LogP contribution in [0.15, 0.2) is 18.2 Å². The van der Waals surface area contributed by atoms with Crippen LogP contribution in [0.5, 0.6) is 0 Å². The standard InChI is InChI=1S/C14H25N3/c1-11-7-6-8-13(17-11)10-15-12(2)9-16-14(3,4)5/h6-8,12,15-16H,9-10H2,1-5H3. The Balaban J connectivity index is 2.31. The Hall–Kier alpha value is -0.930. The van der Waals surface area contributed by atoms with Crippen LogP contribution >= 0.6 is 0 Å². The largest absolute Gasteiger partial charge is 0.311 e. The molecule has 0 aliphatic heterocycles. The number of hydrogen-bond acceptors (Lipinski definition) is 3. The van der Waals surface area contributed by atoms with E-state index >= 15 is 0 Å². The molecule has 0 radical (unpaired) electrons. The van der Waals surface area contributed by atoms with Gasteiger partial charge >= 0.3 is 0 Å². The van der Waals surface area contributed by atoms with Crippen LogP contribution in [0.2, 0.25) is 0 Å². The third-order valence-corrected chi connectivity index (χ3v) is 2.52. The minimum atomic E-state index is 0.178. The number of aryl methyl sites for hydroxylation is 1. The topological polar surface area (TPSA) is 37.0 Å². The van der Waals surface area contributed by atoms with Crippen molar-refractivity contribution in [1.82, 2.24) is 15.6 Å². The molecule has 0 aliphatic rings. The Morgan fingerprint density at radius 2 is 2.00 bits per heavy atom. The summed E-state index contributed by atoms with van der Waals surface area (Å²) in [6.07, 6.45) is 0. The van der Waals surface area contributed by atoms with Crippen molar-refractivity contribution in [2.45, 2.75) is 52.7 Å². The van der Waals surface area contributed by atoms with Crippen LogP contribution in [-0.4, -0.2) is 23.1 Å². The average molecular weight is 235 g/mol. The summed E-state index contributed by atoms with van der Waals surface area (Å²) < 4.78 is 0. The molecule has 0 saturated carbocycles. The number of pyridine rings is 1. The molecule has 1 unspecified atom stereocenters. The highest BCUT2D eigenvalue weighted by Gasteiger charge is 2.10. The Morgan fingerprint density at radius 1 is 1.29 bits per heavy atom. The third kappa shape index (κ3) is 6.39. The fourth-order valence-corrected chi connectivity index (χ4v) is 1.51. The molecule has 1 aromatic rings. The summed E-state index contributed by atoms with van der Waals surface area (Å²) in [4.78, 5) is 4.47. The van der Waals surface area contributed by atoms with Gasteiger partial charge in [-0.25, -0.2) is 0 Å². The van der Waals surface area contributed by atoms with E-state index in [1.165, 1.54) is 0 Å². The first-order valence-electron chi connectivity index (χ1n) is 6.28. The van der Waals surface area contributed by atoms with Gasteiger partial charge in [0.1, 0.15) is 0 Å². The van der Waals surface area contributed by atoms with Gasteiger partial charge in [0.05, 0.1) is 5.69 Å². The molecule has 1 rings (SSSR count). The van der Waals surface area contributed by atoms with Crippen molar-refractivity contribution in [3.05, 3.63) is 29.6 Å². The first-order chi connectivity index (χ1) is 7.87. The summed E-state index contributed by atoms with van der Waals surface area (Å²) in [7, 11) is 0. The number of aromatic nitrogens is 1. The van der Waals surface area contributed by atoms with Gasteiger partial charge in [0.2, 0.25) is 0 Å². The second-order valence-electron chi connectivity index (χ2n) is 5.68. The molecule has 3 heteroatoms. The minimum absolute atomic E-state index is 0.178. The summed E-state index contributed by atoms with van der Waals surface area (Å²) in [6, 6.07) is 6.58. The molecule has 96 valence electrons. The van der Waals surface area contributed by atoms with Gasteiger partial charge < -0.3 is 10.6 Å². The van der Waals surface area contributed by atoms with E-state index in [1.54, 1.807) is 0 Å². The van der Waals surface area contributed by atoms with Gasteiger partial charge in [-0.1, -0.05) is 6.07 Å². The van der Waals surface area contributed by atoms with E-state index in [9.17, 15) is 0 Å². The van der Waals surface area contributed by atoms with Crippen LogP contribution in [0.3, 0.4) is 0 Å². The summed E-state index contributed by atoms with van der Waals surface area (Å²) >= 11 is 0. The van der Waals surface area contributed by atoms with Crippen molar-refractivity contribution >= 4 is 0 Å². The molecular formula is C14H25N3. The van der Waals surface area contributed by atoms with Crippen LogP contribution in [0.25, 0.3) is 0 Å². The maximum Gasteiger partial charge on any atom is 0.0544 e. The van der Waals surface area contributed by atoms with Gasteiger partial charge in [0.15, 0.2) is 0 Å². The monoisotopic (exact) mass is 235 g/mol. The van der Waals surface area contributed by atoms with Crippen LogP contribution in [0.1, 0.15) is 39.1 Å². The van der Waals surface area contributed by atoms with Crippen LogP contribution < -0.4 is 10.6 Å². The average Bonchev–Trinajstić information content (AvgIpc) is 2.23. The van der Waals surface area contributed by atoms with Crippen molar-refractivity contribution in [3.8, 4) is 0 Å². The number of nitrogens with zero attached hydrogens (tertiary/aromatic N) is 1. The highest BCUT2D eigenvalue weighted by atomic mass is 15.0. The smallest absolute Gasteiger partial charge is 0.0544 e. The first-order valence-corrected chi connectivity index (χ1v) is 6.28. The molecule has 17 heavy (non-hydrogen) atoms. The molecule has 1 atom stereocenters. The molecule has 1 heterocycles. The van der Waals surface area contributed by atoms with Gasteiger partial charge in [-0.2, -0.15) is 0 Å². The molecule has 0 spiro atoms. The van der Waals surface area contributed by atoms with Crippen molar-refractivity contribution in [3.63, 3.8) is 0 Å². The second-order valence-corrected chi connectivity index (χ2v) is 5.68. The summed E-state index contributed by atoms with van der Waals surface area (Å²) in [6.45, 7) is 12.6. The number of nitrogens with one attached hydrogen (secondary N) is 2. The van der Waals surface area contributed by atoms with E-state index in [4.69, 9.17) is 0 Å². The Kier molecular flexibility index (Phi) is 5.09. The van der Waals surface area contributed by atoms with Crippen LogP contribution in [0, 0.1) is 6.92 Å². The second kappa shape index (κ2) is 6.12. The van der Waals surface area contributed by atoms with Crippen molar-refractivity contribution < 1.29 is 0 Å². The fraction of sp³-hybridized carbons (Fsp3) is 0.643. The molecule has 0 bridgehead atoms. The molecule has 0 aromatic carbocycles. The lowest BCUT2D eigenvalue weighted by Crippen LogP contribution is -2.44. The maximum atomic E-state index is 4.47. The van der Waals surface area contributed by atoms with E-state index in [1.807, 2.05) is 13.0 Å². The van der Waals surface area contributed by atoms with Crippen molar-refractivity contribution in [2.24, 2.45) is 0 Å². The molecule has 3 nitrogen and oxygen atoms in total. The SMILES string of the molecule is Cc1cccc(CNC(C)CNC(C)(C)C)n1. The van der Waals surface area contributed by atoms with Gasteiger partial charge in [-0.15, -0.1) is 0 Å². The lowest BCUT2D eigenvalue weighted by atomic mass is 10.1. The van der Waals surface area contributed by atoms with Gasteiger partial charge in [0.25, 0.3) is 0 Å². The summed E-state index contributed by atoms with van der Waals surface area (Å²) in [5.74, 6) is 0. The number of hydrogen-bond donors (Lipinski definition) is 2. The highest BCUT2D eigenvalue weighted by molar-refractivity contribution is 5.09. The van der Waals surface area contributed by atoms with E-state index in [-0.39, 0.29) is 5.54 Å². The normalized spacial score (nSPS) is 13.7. The molecule has 0 saturated heterocycles. The van der Waals surface area contributed by atoms with Gasteiger partial charge in [0, 0.05) is 30.4 Å². The molecule has 1 aromatic heterocycles. The molecule has 0 fully saturated rings. The van der Waals surface area contributed by atoms with Crippen molar-refractivity contribution in [1.29, 1.82) is 0 Å². The summed E-state index contributed by atoms with van der Waals surface area (Å²) in [5.41, 5.74) is 2.36. The van der Waals surface area contributed by atoms with E-state index < -0.39 is 0 Å². The predicted molar refractivity (Wildman–Crippen MR) is 73.0 cm³/mol. The number of rotatable bonds is 5. The minimum Gasteiger partial charge on any atom is -0.311 e. The maximum absolute atomic E-state index is 4.47. The predicted octanol–water partition coefficient (Wildman–Crippen LogP) is 2.26. The molecule has 0 aliphatic carbocycles. The zero-order chi connectivity index (χ0) is 12.9. The highest BCUT2D eigenvalue weighted by Crippen LogP contribution is 2.00. The Bertz CT molecular complexity index is 342. The summed E-state index contributed by atoms with van der Waals surface area (Å²) in [5, 5.41) is 6.96. The molecule has 2 N–H and O–H groups in total. The Morgan fingerprint density at radius 3 is 2.59 bits per heavy atom. The van der Waals surface area contributed by atoms with E-state index in [2.05, 4.69) is 55.4 Å². The van der Waals surface area contributed by atoms with Gasteiger partial charge in [-0.05, 0) is 46.8 Å². The molecular weight excluding hydrogens is 210 g/mol. The van der Waals surface area contributed by atoms with E-state index in [0.29, 0.717) is 6.04 Å². The quantitative estimate of drug-likeness (QED) is 0.822. The lowest BCUT2D eigenvalue weighted by Gasteiger charge is -2.24. The van der Waals surface area contributed by atoms with E-state index in [0.717, 1.165) is 24.5 Å². The third-order valence-electron chi connectivity index (χ3n) is 2.52. The lowest BCUT2D eigenvalue weighted by molar-refractivity contribution is 0.386. The van der Waals surface area contributed by atoms with Crippen LogP contribution in [-0.2, 0) is 6.54 Å². The zero-order valence-corrected chi connectivity index (χ0v) is 11.7. The van der Waals surface area contributed by atoms with Gasteiger partial charge in [-0.3, -0.25) is 4.98 Å². The van der Waals surface area contributed by atoms with Crippen molar-refractivity contribution in [2.75, 3.05) is 6.54 Å². The fourth-order valence-electron chi connectivity index (χ4n) is 1.51. The molecule has 0 amide bonds. The Labute approximate surface area is 105 Å². The van der Waals surface area contributed by atoms with Crippen LogP contribution in [0.4, 0.5) is 0 Å².